The predicted octanol–water partition coefficient (Wildman–Crippen LogP) is 2.48. The maximum Gasteiger partial charge on any atom is 0.0273 e. The summed E-state index contributed by atoms with van der Waals surface area (Å²) in [6.45, 7) is 6.37. The lowest BCUT2D eigenvalue weighted by atomic mass is 10.2. The summed E-state index contributed by atoms with van der Waals surface area (Å²) in [7, 11) is 0. The highest BCUT2D eigenvalue weighted by Gasteiger charge is 1.90. The van der Waals surface area contributed by atoms with E-state index in [4.69, 9.17) is 0 Å². The molecule has 0 aromatic carbocycles. The summed E-state index contributed by atoms with van der Waals surface area (Å²) in [6, 6.07) is 4.03. The second-order valence-electron chi connectivity index (χ2n) is 3.45. The Balaban J connectivity index is 2.43. The summed E-state index contributed by atoms with van der Waals surface area (Å²) in [5, 5.41) is 3.37. The fourth-order valence-corrected chi connectivity index (χ4v) is 1.26. The van der Waals surface area contributed by atoms with Crippen LogP contribution in [0.25, 0.3) is 6.08 Å². The van der Waals surface area contributed by atoms with Gasteiger partial charge in [-0.05, 0) is 37.6 Å². The molecule has 0 saturated carbocycles. The highest BCUT2D eigenvalue weighted by molar-refractivity contribution is 5.51. The van der Waals surface area contributed by atoms with Crippen molar-refractivity contribution in [3.63, 3.8) is 0 Å². The van der Waals surface area contributed by atoms with Gasteiger partial charge in [-0.3, -0.25) is 4.98 Å². The topological polar surface area (TPSA) is 24.9 Å². The van der Waals surface area contributed by atoms with E-state index in [9.17, 15) is 0 Å². The van der Waals surface area contributed by atoms with Crippen LogP contribution in [0.4, 0.5) is 0 Å². The number of hydrogen-bond donors (Lipinski definition) is 1. The first kappa shape index (κ1) is 10.9. The lowest BCUT2D eigenvalue weighted by Crippen LogP contribution is -2.16. The van der Waals surface area contributed by atoms with Crippen molar-refractivity contribution in [2.24, 2.45) is 0 Å². The Morgan fingerprint density at radius 3 is 2.79 bits per heavy atom. The van der Waals surface area contributed by atoms with Gasteiger partial charge in [-0.25, -0.2) is 0 Å². The third-order valence-electron chi connectivity index (χ3n) is 1.95. The van der Waals surface area contributed by atoms with Gasteiger partial charge in [-0.1, -0.05) is 18.6 Å². The van der Waals surface area contributed by atoms with E-state index in [-0.39, 0.29) is 0 Å². The minimum Gasteiger partial charge on any atom is -0.313 e. The molecule has 0 atom stereocenters. The molecule has 76 valence electrons. The Morgan fingerprint density at radius 1 is 1.43 bits per heavy atom. The van der Waals surface area contributed by atoms with Gasteiger partial charge in [-0.15, -0.1) is 0 Å². The van der Waals surface area contributed by atoms with Crippen LogP contribution in [0, 0.1) is 0 Å². The summed E-state index contributed by atoms with van der Waals surface area (Å²) >= 11 is 0. The van der Waals surface area contributed by atoms with Gasteiger partial charge in [0, 0.05) is 18.9 Å². The third-order valence-corrected chi connectivity index (χ3v) is 1.95. The zero-order chi connectivity index (χ0) is 10.2. The molecule has 1 N–H and O–H groups in total. The van der Waals surface area contributed by atoms with Gasteiger partial charge >= 0.3 is 0 Å². The molecular weight excluding hydrogens is 172 g/mol. The molecule has 0 aliphatic carbocycles. The van der Waals surface area contributed by atoms with Crippen LogP contribution >= 0.6 is 0 Å². The van der Waals surface area contributed by atoms with Crippen molar-refractivity contribution in [2.75, 3.05) is 13.1 Å². The minimum absolute atomic E-state index is 0.968. The Bertz CT molecular complexity index is 278. The van der Waals surface area contributed by atoms with Crippen LogP contribution < -0.4 is 5.32 Å². The number of pyridine rings is 1. The number of hydrogen-bond acceptors (Lipinski definition) is 2. The van der Waals surface area contributed by atoms with Gasteiger partial charge in [0.25, 0.3) is 0 Å². The van der Waals surface area contributed by atoms with Crippen LogP contribution in [0.2, 0.25) is 0 Å². The van der Waals surface area contributed by atoms with Crippen molar-refractivity contribution in [1.29, 1.82) is 0 Å². The number of nitrogens with zero attached hydrogens (tertiary/aromatic N) is 1. The highest BCUT2D eigenvalue weighted by Crippen LogP contribution is 2.03. The molecule has 2 heteroatoms. The highest BCUT2D eigenvalue weighted by atomic mass is 14.8. The molecular formula is C12H18N2. The molecule has 0 aliphatic rings. The molecule has 0 unspecified atom stereocenters. The Kier molecular flexibility index (Phi) is 4.94. The molecule has 2 nitrogen and oxygen atoms in total. The van der Waals surface area contributed by atoms with Gasteiger partial charge < -0.3 is 5.32 Å². The summed E-state index contributed by atoms with van der Waals surface area (Å²) < 4.78 is 0. The van der Waals surface area contributed by atoms with Crippen molar-refractivity contribution in [1.82, 2.24) is 10.3 Å². The standard InChI is InChI=1S/C12H18N2/c1-3-6-14-10-11(2)9-12-4-7-13-8-5-12/h4-5,7-9,14H,3,6,10H2,1-2H3. The van der Waals surface area contributed by atoms with Gasteiger partial charge in [-0.2, -0.15) is 0 Å². The summed E-state index contributed by atoms with van der Waals surface area (Å²) in [5.74, 6) is 0. The first-order valence-corrected chi connectivity index (χ1v) is 5.11. The Morgan fingerprint density at radius 2 is 2.14 bits per heavy atom. The molecule has 0 bridgehead atoms. The van der Waals surface area contributed by atoms with E-state index in [2.05, 4.69) is 30.2 Å². The largest absolute Gasteiger partial charge is 0.313 e. The van der Waals surface area contributed by atoms with E-state index >= 15 is 0 Å². The molecule has 1 aromatic heterocycles. The van der Waals surface area contributed by atoms with Gasteiger partial charge in [0.1, 0.15) is 0 Å². The monoisotopic (exact) mass is 190 g/mol. The summed E-state index contributed by atoms with van der Waals surface area (Å²) in [6.07, 6.45) is 7.00. The fourth-order valence-electron chi connectivity index (χ4n) is 1.26. The maximum absolute atomic E-state index is 3.98. The zero-order valence-electron chi connectivity index (χ0n) is 8.96. The van der Waals surface area contributed by atoms with Gasteiger partial charge in [0.15, 0.2) is 0 Å². The molecule has 1 heterocycles. The SMILES string of the molecule is CCCNCC(C)=Cc1ccncc1. The summed E-state index contributed by atoms with van der Waals surface area (Å²) in [5.41, 5.74) is 2.57. The Hall–Kier alpha value is -1.15. The second kappa shape index (κ2) is 6.33. The zero-order valence-corrected chi connectivity index (χ0v) is 8.96. The molecule has 0 amide bonds. The fraction of sp³-hybridized carbons (Fsp3) is 0.417. The molecule has 0 aliphatic heterocycles. The van der Waals surface area contributed by atoms with Crippen LogP contribution in [0.3, 0.4) is 0 Å². The maximum atomic E-state index is 3.98. The predicted molar refractivity (Wildman–Crippen MR) is 61.0 cm³/mol. The van der Waals surface area contributed by atoms with E-state index in [1.807, 2.05) is 24.5 Å². The lowest BCUT2D eigenvalue weighted by Gasteiger charge is -2.02. The van der Waals surface area contributed by atoms with Crippen molar-refractivity contribution in [3.05, 3.63) is 35.7 Å². The van der Waals surface area contributed by atoms with Crippen molar-refractivity contribution in [2.45, 2.75) is 20.3 Å². The normalized spacial score (nSPS) is 11.7. The number of aromatic nitrogens is 1. The average Bonchev–Trinajstić information content (AvgIpc) is 2.20. The lowest BCUT2D eigenvalue weighted by molar-refractivity contribution is 0.715. The number of nitrogens with one attached hydrogen (secondary N) is 1. The molecule has 0 fully saturated rings. The van der Waals surface area contributed by atoms with Crippen LogP contribution in [0.5, 0.6) is 0 Å². The molecule has 0 spiro atoms. The van der Waals surface area contributed by atoms with Gasteiger partial charge in [0.2, 0.25) is 0 Å². The molecule has 1 aromatic rings. The van der Waals surface area contributed by atoms with Crippen LogP contribution in [0.15, 0.2) is 30.1 Å². The van der Waals surface area contributed by atoms with Crippen molar-refractivity contribution < 1.29 is 0 Å². The van der Waals surface area contributed by atoms with Crippen LogP contribution in [0.1, 0.15) is 25.8 Å². The summed E-state index contributed by atoms with van der Waals surface area (Å²) in [4.78, 5) is 3.98. The van der Waals surface area contributed by atoms with Crippen molar-refractivity contribution >= 4 is 6.08 Å². The van der Waals surface area contributed by atoms with E-state index in [0.29, 0.717) is 0 Å². The quantitative estimate of drug-likeness (QED) is 0.721. The molecule has 0 radical (unpaired) electrons. The van der Waals surface area contributed by atoms with Crippen molar-refractivity contribution in [3.8, 4) is 0 Å². The Labute approximate surface area is 86.1 Å². The number of rotatable bonds is 5. The molecule has 1 rings (SSSR count). The average molecular weight is 190 g/mol. The first-order chi connectivity index (χ1) is 6.83. The molecule has 14 heavy (non-hydrogen) atoms. The second-order valence-corrected chi connectivity index (χ2v) is 3.45. The van der Waals surface area contributed by atoms with E-state index in [0.717, 1.165) is 13.1 Å². The van der Waals surface area contributed by atoms with Gasteiger partial charge in [0.05, 0.1) is 0 Å². The van der Waals surface area contributed by atoms with E-state index in [1.54, 1.807) is 0 Å². The van der Waals surface area contributed by atoms with Crippen LogP contribution in [-0.4, -0.2) is 18.1 Å². The third kappa shape index (κ3) is 4.19. The smallest absolute Gasteiger partial charge is 0.0273 e. The first-order valence-electron chi connectivity index (χ1n) is 5.11. The van der Waals surface area contributed by atoms with E-state index < -0.39 is 0 Å². The van der Waals surface area contributed by atoms with E-state index in [1.165, 1.54) is 17.6 Å². The van der Waals surface area contributed by atoms with Crippen LogP contribution in [-0.2, 0) is 0 Å². The molecule has 0 saturated heterocycles. The minimum atomic E-state index is 0.968.